The Balaban J connectivity index is 2.81. The minimum Gasteiger partial charge on any atom is -0.333 e. The van der Waals surface area contributed by atoms with Gasteiger partial charge in [-0.15, -0.1) is 0 Å². The van der Waals surface area contributed by atoms with E-state index >= 15 is 0 Å². The molecule has 0 saturated carbocycles. The van der Waals surface area contributed by atoms with Gasteiger partial charge in [-0.1, -0.05) is 13.8 Å². The summed E-state index contributed by atoms with van der Waals surface area (Å²) >= 11 is 0. The first-order valence-corrected chi connectivity index (χ1v) is 6.24. The van der Waals surface area contributed by atoms with Crippen LogP contribution >= 0.6 is 0 Å². The zero-order chi connectivity index (χ0) is 13.7. The first kappa shape index (κ1) is 14.6. The van der Waals surface area contributed by atoms with Crippen LogP contribution < -0.4 is 5.73 Å². The zero-order valence-corrected chi connectivity index (χ0v) is 11.5. The summed E-state index contributed by atoms with van der Waals surface area (Å²) in [4.78, 5) is 22.2. The van der Waals surface area contributed by atoms with Crippen molar-refractivity contribution in [1.29, 1.82) is 0 Å². The predicted octanol–water partition coefficient (Wildman–Crippen LogP) is 1.20. The normalized spacial score (nSPS) is 12.8. The second kappa shape index (κ2) is 6.44. The van der Waals surface area contributed by atoms with Crippen LogP contribution in [-0.2, 0) is 11.3 Å². The van der Waals surface area contributed by atoms with Gasteiger partial charge in [0, 0.05) is 18.4 Å². The Bertz CT molecular complexity index is 378. The molecule has 100 valence electrons. The standard InChI is InChI=1S/C13H22N4O/c1-9(2)12(14)13(18)17(10(3)4)8-11-7-15-5-6-16-11/h5-7,9-10,12H,8,14H2,1-4H3/t12-/m0/s1. The highest BCUT2D eigenvalue weighted by Crippen LogP contribution is 2.10. The van der Waals surface area contributed by atoms with E-state index in [2.05, 4.69) is 9.97 Å². The van der Waals surface area contributed by atoms with E-state index in [4.69, 9.17) is 5.73 Å². The van der Waals surface area contributed by atoms with Crippen molar-refractivity contribution in [3.63, 3.8) is 0 Å². The summed E-state index contributed by atoms with van der Waals surface area (Å²) in [6, 6.07) is -0.381. The molecule has 0 fully saturated rings. The number of nitrogens with zero attached hydrogens (tertiary/aromatic N) is 3. The van der Waals surface area contributed by atoms with Gasteiger partial charge in [0.2, 0.25) is 5.91 Å². The van der Waals surface area contributed by atoms with Crippen LogP contribution in [0.3, 0.4) is 0 Å². The van der Waals surface area contributed by atoms with Crippen molar-refractivity contribution in [3.8, 4) is 0 Å². The van der Waals surface area contributed by atoms with Crippen molar-refractivity contribution >= 4 is 5.91 Å². The lowest BCUT2D eigenvalue weighted by Crippen LogP contribution is -2.48. The largest absolute Gasteiger partial charge is 0.333 e. The molecule has 5 nitrogen and oxygen atoms in total. The Hall–Kier alpha value is -1.49. The number of aromatic nitrogens is 2. The van der Waals surface area contributed by atoms with Crippen LogP contribution in [0.1, 0.15) is 33.4 Å². The second-order valence-corrected chi connectivity index (χ2v) is 5.03. The highest BCUT2D eigenvalue weighted by molar-refractivity contribution is 5.82. The van der Waals surface area contributed by atoms with E-state index in [1.54, 1.807) is 23.5 Å². The van der Waals surface area contributed by atoms with Crippen molar-refractivity contribution in [3.05, 3.63) is 24.3 Å². The molecular weight excluding hydrogens is 228 g/mol. The molecule has 0 bridgehead atoms. The summed E-state index contributed by atoms with van der Waals surface area (Å²) in [5, 5.41) is 0. The van der Waals surface area contributed by atoms with Crippen LogP contribution in [0.5, 0.6) is 0 Å². The number of hydrogen-bond donors (Lipinski definition) is 1. The Kier molecular flexibility index (Phi) is 5.22. The summed E-state index contributed by atoms with van der Waals surface area (Å²) < 4.78 is 0. The number of carbonyl (C=O) groups is 1. The summed E-state index contributed by atoms with van der Waals surface area (Å²) in [7, 11) is 0. The fourth-order valence-electron chi connectivity index (χ4n) is 1.58. The Morgan fingerprint density at radius 3 is 2.44 bits per heavy atom. The number of hydrogen-bond acceptors (Lipinski definition) is 4. The van der Waals surface area contributed by atoms with E-state index in [0.717, 1.165) is 5.69 Å². The Morgan fingerprint density at radius 1 is 1.33 bits per heavy atom. The molecule has 5 heteroatoms. The van der Waals surface area contributed by atoms with Gasteiger partial charge in [0.1, 0.15) is 0 Å². The molecule has 0 unspecified atom stereocenters. The quantitative estimate of drug-likeness (QED) is 0.852. The fourth-order valence-corrected chi connectivity index (χ4v) is 1.58. The van der Waals surface area contributed by atoms with Gasteiger partial charge >= 0.3 is 0 Å². The average molecular weight is 250 g/mol. The number of nitrogens with two attached hydrogens (primary N) is 1. The van der Waals surface area contributed by atoms with E-state index in [-0.39, 0.29) is 17.9 Å². The van der Waals surface area contributed by atoms with Gasteiger partial charge in [0.15, 0.2) is 0 Å². The number of amides is 1. The monoisotopic (exact) mass is 250 g/mol. The minimum absolute atomic E-state index is 0.0364. The average Bonchev–Trinajstić information content (AvgIpc) is 2.35. The first-order chi connectivity index (χ1) is 8.43. The van der Waals surface area contributed by atoms with Crippen LogP contribution in [0.15, 0.2) is 18.6 Å². The summed E-state index contributed by atoms with van der Waals surface area (Å²) in [6.45, 7) is 8.29. The molecule has 1 aromatic heterocycles. The van der Waals surface area contributed by atoms with Gasteiger partial charge in [0.25, 0.3) is 0 Å². The molecule has 0 aliphatic rings. The Morgan fingerprint density at radius 2 is 2.00 bits per heavy atom. The van der Waals surface area contributed by atoms with Gasteiger partial charge in [-0.05, 0) is 19.8 Å². The van der Waals surface area contributed by atoms with Crippen LogP contribution in [0.2, 0.25) is 0 Å². The molecule has 1 rings (SSSR count). The van der Waals surface area contributed by atoms with Crippen molar-refractivity contribution in [2.75, 3.05) is 0 Å². The molecule has 1 amide bonds. The topological polar surface area (TPSA) is 72.1 Å². The molecular formula is C13H22N4O. The van der Waals surface area contributed by atoms with E-state index in [1.807, 2.05) is 27.7 Å². The molecule has 0 aromatic carbocycles. The van der Waals surface area contributed by atoms with Crippen molar-refractivity contribution in [2.24, 2.45) is 11.7 Å². The molecule has 0 spiro atoms. The predicted molar refractivity (Wildman–Crippen MR) is 70.5 cm³/mol. The third-order valence-corrected chi connectivity index (χ3v) is 2.86. The molecule has 0 aliphatic carbocycles. The third kappa shape index (κ3) is 3.77. The zero-order valence-electron chi connectivity index (χ0n) is 11.5. The molecule has 1 heterocycles. The minimum atomic E-state index is -0.468. The first-order valence-electron chi connectivity index (χ1n) is 6.24. The molecule has 1 aromatic rings. The second-order valence-electron chi connectivity index (χ2n) is 5.03. The van der Waals surface area contributed by atoms with E-state index in [1.165, 1.54) is 0 Å². The van der Waals surface area contributed by atoms with E-state index in [9.17, 15) is 4.79 Å². The summed E-state index contributed by atoms with van der Waals surface area (Å²) in [5.41, 5.74) is 6.70. The van der Waals surface area contributed by atoms with Gasteiger partial charge in [-0.2, -0.15) is 0 Å². The lowest BCUT2D eigenvalue weighted by Gasteiger charge is -2.30. The third-order valence-electron chi connectivity index (χ3n) is 2.86. The van der Waals surface area contributed by atoms with E-state index in [0.29, 0.717) is 6.54 Å². The maximum atomic E-state index is 12.3. The summed E-state index contributed by atoms with van der Waals surface area (Å²) in [5.74, 6) is 0.0891. The van der Waals surface area contributed by atoms with Crippen LogP contribution in [-0.4, -0.2) is 32.9 Å². The molecule has 18 heavy (non-hydrogen) atoms. The van der Waals surface area contributed by atoms with Crippen molar-refractivity contribution < 1.29 is 4.79 Å². The highest BCUT2D eigenvalue weighted by Gasteiger charge is 2.25. The van der Waals surface area contributed by atoms with Crippen molar-refractivity contribution in [2.45, 2.75) is 46.3 Å². The molecule has 0 aliphatic heterocycles. The molecule has 0 saturated heterocycles. The van der Waals surface area contributed by atoms with Gasteiger partial charge < -0.3 is 10.6 Å². The molecule has 0 radical (unpaired) electrons. The van der Waals surface area contributed by atoms with Gasteiger partial charge in [0.05, 0.1) is 24.5 Å². The lowest BCUT2D eigenvalue weighted by molar-refractivity contribution is -0.136. The lowest BCUT2D eigenvalue weighted by atomic mass is 10.0. The summed E-state index contributed by atoms with van der Waals surface area (Å²) in [6.07, 6.45) is 4.91. The van der Waals surface area contributed by atoms with Gasteiger partial charge in [-0.25, -0.2) is 0 Å². The van der Waals surface area contributed by atoms with Crippen LogP contribution in [0.4, 0.5) is 0 Å². The van der Waals surface area contributed by atoms with Crippen LogP contribution in [0.25, 0.3) is 0 Å². The van der Waals surface area contributed by atoms with Crippen molar-refractivity contribution in [1.82, 2.24) is 14.9 Å². The SMILES string of the molecule is CC(C)[C@H](N)C(=O)N(Cc1cnccn1)C(C)C. The fraction of sp³-hybridized carbons (Fsp3) is 0.615. The molecule has 2 N–H and O–H groups in total. The highest BCUT2D eigenvalue weighted by atomic mass is 16.2. The maximum Gasteiger partial charge on any atom is 0.240 e. The van der Waals surface area contributed by atoms with E-state index < -0.39 is 6.04 Å². The van der Waals surface area contributed by atoms with Crippen LogP contribution in [0, 0.1) is 5.92 Å². The molecule has 1 atom stereocenters. The number of rotatable bonds is 5. The van der Waals surface area contributed by atoms with Gasteiger partial charge in [-0.3, -0.25) is 14.8 Å². The maximum absolute atomic E-state index is 12.3. The smallest absolute Gasteiger partial charge is 0.240 e. The number of carbonyl (C=O) groups excluding carboxylic acids is 1. The Labute approximate surface area is 108 Å².